The van der Waals surface area contributed by atoms with E-state index in [4.69, 9.17) is 0 Å². The minimum absolute atomic E-state index is 0.0395. The minimum atomic E-state index is -3.67. The number of benzene rings is 2. The average molecular weight is 364 g/mol. The van der Waals surface area contributed by atoms with Gasteiger partial charge in [0.2, 0.25) is 10.0 Å². The topological polar surface area (TPSA) is 69.0 Å². The summed E-state index contributed by atoms with van der Waals surface area (Å²) in [5.41, 5.74) is 0.201. The molecule has 0 aliphatic rings. The monoisotopic (exact) mass is 364 g/mol. The van der Waals surface area contributed by atoms with Crippen molar-refractivity contribution in [3.63, 3.8) is 0 Å². The van der Waals surface area contributed by atoms with Crippen LogP contribution in [0.5, 0.6) is 0 Å². The number of aromatic nitrogens is 2. The third-order valence-corrected chi connectivity index (χ3v) is 5.87. The standard InChI is InChI=1S/C17H14F2N2O3S/c1-10(2)25(23,24)21-9-20-14-7-6-11(8-15(14)21)17(22)12-4-3-5-13(18)16(12)19/h3-10H,1-2H3. The second-order valence-electron chi connectivity index (χ2n) is 5.77. The Morgan fingerprint density at radius 1 is 1.16 bits per heavy atom. The van der Waals surface area contributed by atoms with Crippen molar-refractivity contribution >= 4 is 26.8 Å². The molecule has 0 radical (unpaired) electrons. The van der Waals surface area contributed by atoms with Crippen molar-refractivity contribution in [1.29, 1.82) is 0 Å². The van der Waals surface area contributed by atoms with Crippen molar-refractivity contribution < 1.29 is 22.0 Å². The first-order valence-electron chi connectivity index (χ1n) is 7.43. The highest BCUT2D eigenvalue weighted by molar-refractivity contribution is 7.90. The molecular formula is C17H14F2N2O3S. The number of imidazole rings is 1. The van der Waals surface area contributed by atoms with Gasteiger partial charge in [0.05, 0.1) is 21.8 Å². The van der Waals surface area contributed by atoms with E-state index in [1.54, 1.807) is 0 Å². The zero-order chi connectivity index (χ0) is 18.4. The molecule has 0 aliphatic carbocycles. The lowest BCUT2D eigenvalue weighted by Gasteiger charge is -2.10. The molecule has 0 aliphatic heterocycles. The molecule has 0 spiro atoms. The number of hydrogen-bond donors (Lipinski definition) is 0. The van der Waals surface area contributed by atoms with Gasteiger partial charge in [-0.3, -0.25) is 4.79 Å². The Hall–Kier alpha value is -2.61. The van der Waals surface area contributed by atoms with Crippen LogP contribution in [0.1, 0.15) is 29.8 Å². The number of nitrogens with zero attached hydrogens (tertiary/aromatic N) is 2. The molecule has 3 rings (SSSR count). The molecule has 130 valence electrons. The number of fused-ring (bicyclic) bond motifs is 1. The summed E-state index contributed by atoms with van der Waals surface area (Å²) in [7, 11) is -3.67. The molecule has 0 saturated heterocycles. The second-order valence-corrected chi connectivity index (χ2v) is 8.13. The summed E-state index contributed by atoms with van der Waals surface area (Å²) in [5.74, 6) is -3.11. The second kappa shape index (κ2) is 6.03. The van der Waals surface area contributed by atoms with Crippen LogP contribution in [-0.2, 0) is 10.0 Å². The van der Waals surface area contributed by atoms with E-state index in [2.05, 4.69) is 4.98 Å². The molecular weight excluding hydrogens is 350 g/mol. The Morgan fingerprint density at radius 2 is 1.88 bits per heavy atom. The lowest BCUT2D eigenvalue weighted by atomic mass is 10.0. The van der Waals surface area contributed by atoms with E-state index >= 15 is 0 Å². The van der Waals surface area contributed by atoms with Crippen molar-refractivity contribution in [3.05, 3.63) is 65.5 Å². The Balaban J connectivity index is 2.16. The average Bonchev–Trinajstić information content (AvgIpc) is 3.00. The number of carbonyl (C=O) groups is 1. The maximum absolute atomic E-state index is 13.9. The number of hydrogen-bond acceptors (Lipinski definition) is 4. The Morgan fingerprint density at radius 3 is 2.56 bits per heavy atom. The first-order valence-corrected chi connectivity index (χ1v) is 8.94. The summed E-state index contributed by atoms with van der Waals surface area (Å²) in [4.78, 5) is 16.5. The molecule has 0 atom stereocenters. The van der Waals surface area contributed by atoms with E-state index < -0.39 is 38.3 Å². The lowest BCUT2D eigenvalue weighted by Crippen LogP contribution is -2.21. The molecule has 0 amide bonds. The predicted molar refractivity (Wildman–Crippen MR) is 89.0 cm³/mol. The molecule has 25 heavy (non-hydrogen) atoms. The molecule has 0 saturated carbocycles. The molecule has 1 heterocycles. The summed E-state index contributed by atoms with van der Waals surface area (Å²) in [6.45, 7) is 3.05. The van der Waals surface area contributed by atoms with Crippen LogP contribution in [0, 0.1) is 11.6 Å². The van der Waals surface area contributed by atoms with Crippen molar-refractivity contribution in [3.8, 4) is 0 Å². The van der Waals surface area contributed by atoms with Gasteiger partial charge in [0.25, 0.3) is 0 Å². The summed E-state index contributed by atoms with van der Waals surface area (Å²) >= 11 is 0. The quantitative estimate of drug-likeness (QED) is 0.667. The van der Waals surface area contributed by atoms with Gasteiger partial charge in [0, 0.05) is 5.56 Å². The molecule has 0 unspecified atom stereocenters. The van der Waals surface area contributed by atoms with Gasteiger partial charge in [-0.1, -0.05) is 6.07 Å². The van der Waals surface area contributed by atoms with Crippen LogP contribution in [0.15, 0.2) is 42.7 Å². The summed E-state index contributed by atoms with van der Waals surface area (Å²) in [6, 6.07) is 7.50. The zero-order valence-corrected chi connectivity index (χ0v) is 14.2. The number of ketones is 1. The highest BCUT2D eigenvalue weighted by atomic mass is 32.2. The Kier molecular flexibility index (Phi) is 4.16. The molecule has 0 fully saturated rings. The van der Waals surface area contributed by atoms with Gasteiger partial charge < -0.3 is 0 Å². The van der Waals surface area contributed by atoms with Crippen LogP contribution >= 0.6 is 0 Å². The highest BCUT2D eigenvalue weighted by Gasteiger charge is 2.23. The van der Waals surface area contributed by atoms with Crippen molar-refractivity contribution in [2.45, 2.75) is 19.1 Å². The maximum atomic E-state index is 13.9. The van der Waals surface area contributed by atoms with Gasteiger partial charge in [-0.25, -0.2) is 26.2 Å². The van der Waals surface area contributed by atoms with Crippen LogP contribution in [0.3, 0.4) is 0 Å². The fraction of sp³-hybridized carbons (Fsp3) is 0.176. The van der Waals surface area contributed by atoms with Gasteiger partial charge in [-0.2, -0.15) is 0 Å². The van der Waals surface area contributed by atoms with Crippen LogP contribution in [-0.4, -0.2) is 28.4 Å². The summed E-state index contributed by atoms with van der Waals surface area (Å²) < 4.78 is 53.0. The zero-order valence-electron chi connectivity index (χ0n) is 13.4. The largest absolute Gasteiger partial charge is 0.288 e. The van der Waals surface area contributed by atoms with Crippen LogP contribution in [0.4, 0.5) is 8.78 Å². The van der Waals surface area contributed by atoms with Gasteiger partial charge in [0.1, 0.15) is 6.33 Å². The van der Waals surface area contributed by atoms with Crippen molar-refractivity contribution in [1.82, 2.24) is 8.96 Å². The van der Waals surface area contributed by atoms with E-state index in [-0.39, 0.29) is 11.1 Å². The van der Waals surface area contributed by atoms with Gasteiger partial charge >= 0.3 is 0 Å². The molecule has 5 nitrogen and oxygen atoms in total. The van der Waals surface area contributed by atoms with E-state index in [0.29, 0.717) is 5.52 Å². The highest BCUT2D eigenvalue weighted by Crippen LogP contribution is 2.22. The maximum Gasteiger partial charge on any atom is 0.242 e. The van der Waals surface area contributed by atoms with E-state index in [1.807, 2.05) is 0 Å². The first kappa shape index (κ1) is 17.2. The third kappa shape index (κ3) is 2.82. The predicted octanol–water partition coefficient (Wildman–Crippen LogP) is 3.13. The van der Waals surface area contributed by atoms with Crippen molar-refractivity contribution in [2.75, 3.05) is 0 Å². The number of rotatable bonds is 4. The minimum Gasteiger partial charge on any atom is -0.288 e. The van der Waals surface area contributed by atoms with Gasteiger partial charge in [-0.15, -0.1) is 0 Å². The SMILES string of the molecule is CC(C)S(=O)(=O)n1cnc2ccc(C(=O)c3cccc(F)c3F)cc21. The third-order valence-electron chi connectivity index (χ3n) is 3.84. The van der Waals surface area contributed by atoms with Crippen LogP contribution < -0.4 is 0 Å². The van der Waals surface area contributed by atoms with Gasteiger partial charge in [-0.05, 0) is 44.2 Å². The molecule has 3 aromatic rings. The van der Waals surface area contributed by atoms with E-state index in [1.165, 1.54) is 44.2 Å². The fourth-order valence-electron chi connectivity index (χ4n) is 2.39. The summed E-state index contributed by atoms with van der Waals surface area (Å²) in [6.07, 6.45) is 1.16. The normalized spacial score (nSPS) is 12.0. The van der Waals surface area contributed by atoms with Gasteiger partial charge in [0.15, 0.2) is 17.4 Å². The molecule has 2 aromatic carbocycles. The molecule has 0 N–H and O–H groups in total. The number of halogens is 2. The van der Waals surface area contributed by atoms with E-state index in [0.717, 1.165) is 16.4 Å². The molecule has 0 bridgehead atoms. The van der Waals surface area contributed by atoms with Crippen LogP contribution in [0.25, 0.3) is 11.0 Å². The lowest BCUT2D eigenvalue weighted by molar-refractivity contribution is 0.103. The summed E-state index contributed by atoms with van der Waals surface area (Å²) in [5, 5.41) is -0.690. The molecule has 8 heteroatoms. The fourth-order valence-corrected chi connectivity index (χ4v) is 3.44. The first-order chi connectivity index (χ1) is 11.7. The van der Waals surface area contributed by atoms with Crippen LogP contribution in [0.2, 0.25) is 0 Å². The Labute approximate surface area is 143 Å². The Bertz CT molecular complexity index is 1090. The molecule has 1 aromatic heterocycles. The van der Waals surface area contributed by atoms with Crippen molar-refractivity contribution in [2.24, 2.45) is 0 Å². The number of carbonyl (C=O) groups excluding carboxylic acids is 1. The smallest absolute Gasteiger partial charge is 0.242 e. The van der Waals surface area contributed by atoms with E-state index in [9.17, 15) is 22.0 Å².